The van der Waals surface area contributed by atoms with Gasteiger partial charge in [-0.05, 0) is 60.5 Å². The first kappa shape index (κ1) is 16.7. The fraction of sp³-hybridized carbons (Fsp3) is 0.750. The van der Waals surface area contributed by atoms with E-state index < -0.39 is 23.0 Å². The Kier molecular flexibility index (Phi) is 5.00. The van der Waals surface area contributed by atoms with Gasteiger partial charge in [0.15, 0.2) is 6.10 Å². The van der Waals surface area contributed by atoms with E-state index in [2.05, 4.69) is 0 Å². The molecule has 0 amide bonds. The SMILES string of the molecule is CC(C)(C)C(=O)O[C@H]1C=CCC[C@H]1OC(=O)C(C)(C)C. The van der Waals surface area contributed by atoms with Crippen LogP contribution in [-0.2, 0) is 19.1 Å². The quantitative estimate of drug-likeness (QED) is 0.576. The summed E-state index contributed by atoms with van der Waals surface area (Å²) in [5, 5.41) is 0. The third kappa shape index (κ3) is 4.66. The maximum Gasteiger partial charge on any atom is 0.311 e. The van der Waals surface area contributed by atoms with Crippen molar-refractivity contribution in [2.45, 2.75) is 66.6 Å². The summed E-state index contributed by atoms with van der Waals surface area (Å²) >= 11 is 0. The monoisotopic (exact) mass is 282 g/mol. The highest BCUT2D eigenvalue weighted by Crippen LogP contribution is 2.25. The van der Waals surface area contributed by atoms with E-state index in [4.69, 9.17) is 9.47 Å². The molecule has 0 aromatic heterocycles. The first-order valence-electron chi connectivity index (χ1n) is 7.10. The van der Waals surface area contributed by atoms with Crippen LogP contribution in [-0.4, -0.2) is 24.1 Å². The second-order valence-corrected chi connectivity index (χ2v) is 7.32. The molecule has 0 bridgehead atoms. The van der Waals surface area contributed by atoms with Crippen LogP contribution in [0.5, 0.6) is 0 Å². The van der Waals surface area contributed by atoms with Gasteiger partial charge in [0.05, 0.1) is 10.8 Å². The van der Waals surface area contributed by atoms with Gasteiger partial charge < -0.3 is 9.47 Å². The lowest BCUT2D eigenvalue weighted by Gasteiger charge is -2.31. The first-order chi connectivity index (χ1) is 9.01. The number of hydrogen-bond acceptors (Lipinski definition) is 4. The topological polar surface area (TPSA) is 52.6 Å². The van der Waals surface area contributed by atoms with Crippen molar-refractivity contribution in [2.24, 2.45) is 10.8 Å². The van der Waals surface area contributed by atoms with Gasteiger partial charge in [0.1, 0.15) is 6.10 Å². The van der Waals surface area contributed by atoms with Crippen LogP contribution in [0.2, 0.25) is 0 Å². The van der Waals surface area contributed by atoms with Crippen LogP contribution in [0.1, 0.15) is 54.4 Å². The molecule has 0 N–H and O–H groups in total. The summed E-state index contributed by atoms with van der Waals surface area (Å²) in [4.78, 5) is 23.9. The highest BCUT2D eigenvalue weighted by molar-refractivity contribution is 5.76. The fourth-order valence-corrected chi connectivity index (χ4v) is 1.63. The molecule has 0 unspecified atom stereocenters. The number of hydrogen-bond donors (Lipinski definition) is 0. The van der Waals surface area contributed by atoms with Gasteiger partial charge >= 0.3 is 11.9 Å². The largest absolute Gasteiger partial charge is 0.458 e. The van der Waals surface area contributed by atoms with Crippen LogP contribution in [0, 0.1) is 10.8 Å². The third-order valence-corrected chi connectivity index (χ3v) is 3.04. The van der Waals surface area contributed by atoms with Gasteiger partial charge in [0.25, 0.3) is 0 Å². The number of carbonyl (C=O) groups excluding carboxylic acids is 2. The van der Waals surface area contributed by atoms with Crippen LogP contribution in [0.15, 0.2) is 12.2 Å². The first-order valence-corrected chi connectivity index (χ1v) is 7.10. The summed E-state index contributed by atoms with van der Waals surface area (Å²) < 4.78 is 11.0. The van der Waals surface area contributed by atoms with Crippen molar-refractivity contribution in [1.29, 1.82) is 0 Å². The minimum Gasteiger partial charge on any atom is -0.458 e. The van der Waals surface area contributed by atoms with Gasteiger partial charge in [-0.1, -0.05) is 6.08 Å². The highest BCUT2D eigenvalue weighted by atomic mass is 16.6. The predicted molar refractivity (Wildman–Crippen MR) is 77.0 cm³/mol. The minimum absolute atomic E-state index is 0.269. The molecule has 20 heavy (non-hydrogen) atoms. The zero-order valence-corrected chi connectivity index (χ0v) is 13.4. The van der Waals surface area contributed by atoms with Crippen LogP contribution in [0.3, 0.4) is 0 Å². The van der Waals surface area contributed by atoms with Crippen LogP contribution < -0.4 is 0 Å². The Hall–Kier alpha value is -1.32. The molecule has 1 aliphatic rings. The molecule has 0 saturated heterocycles. The summed E-state index contributed by atoms with van der Waals surface area (Å²) in [6.07, 6.45) is 4.40. The lowest BCUT2D eigenvalue weighted by molar-refractivity contribution is -0.175. The Morgan fingerprint density at radius 1 is 0.950 bits per heavy atom. The second-order valence-electron chi connectivity index (χ2n) is 7.32. The van der Waals surface area contributed by atoms with E-state index in [0.29, 0.717) is 6.42 Å². The summed E-state index contributed by atoms with van der Waals surface area (Å²) in [5.74, 6) is -0.555. The van der Waals surface area contributed by atoms with E-state index >= 15 is 0 Å². The second kappa shape index (κ2) is 5.98. The predicted octanol–water partition coefficient (Wildman–Crippen LogP) is 3.25. The van der Waals surface area contributed by atoms with Gasteiger partial charge in [-0.25, -0.2) is 0 Å². The molecule has 2 atom stereocenters. The average Bonchev–Trinajstić information content (AvgIpc) is 2.29. The molecule has 0 saturated carbocycles. The zero-order chi connectivity index (χ0) is 15.6. The summed E-state index contributed by atoms with van der Waals surface area (Å²) in [6.45, 7) is 10.8. The van der Waals surface area contributed by atoms with Crippen molar-refractivity contribution in [3.8, 4) is 0 Å². The molecule has 0 spiro atoms. The molecular formula is C16H26O4. The molecule has 0 aliphatic heterocycles. The molecule has 4 heteroatoms. The van der Waals surface area contributed by atoms with E-state index in [0.717, 1.165) is 6.42 Å². The Labute approximate surface area is 121 Å². The molecule has 1 rings (SSSR count). The molecular weight excluding hydrogens is 256 g/mol. The van der Waals surface area contributed by atoms with E-state index in [9.17, 15) is 9.59 Å². The van der Waals surface area contributed by atoms with Crippen LogP contribution in [0.25, 0.3) is 0 Å². The van der Waals surface area contributed by atoms with Crippen molar-refractivity contribution >= 4 is 11.9 Å². The minimum atomic E-state index is -0.566. The van der Waals surface area contributed by atoms with Gasteiger partial charge in [0.2, 0.25) is 0 Å². The Balaban J connectivity index is 2.73. The molecule has 0 aromatic rings. The Bertz CT molecular complexity index is 396. The molecule has 1 aliphatic carbocycles. The number of ether oxygens (including phenoxy) is 2. The molecule has 0 radical (unpaired) electrons. The van der Waals surface area contributed by atoms with Crippen molar-refractivity contribution in [3.05, 3.63) is 12.2 Å². The normalized spacial score (nSPS) is 23.3. The summed E-state index contributed by atoms with van der Waals surface area (Å²) in [5.41, 5.74) is -1.12. The van der Waals surface area contributed by atoms with Crippen LogP contribution in [0.4, 0.5) is 0 Å². The van der Waals surface area contributed by atoms with E-state index in [1.54, 1.807) is 20.8 Å². The Morgan fingerprint density at radius 3 is 1.95 bits per heavy atom. The summed E-state index contributed by atoms with van der Waals surface area (Å²) in [6, 6.07) is 0. The maximum absolute atomic E-state index is 12.0. The van der Waals surface area contributed by atoms with Crippen molar-refractivity contribution in [1.82, 2.24) is 0 Å². The zero-order valence-electron chi connectivity index (χ0n) is 13.4. The van der Waals surface area contributed by atoms with Gasteiger partial charge in [-0.15, -0.1) is 0 Å². The Morgan fingerprint density at radius 2 is 1.45 bits per heavy atom. The van der Waals surface area contributed by atoms with Gasteiger partial charge in [-0.3, -0.25) is 9.59 Å². The summed E-state index contributed by atoms with van der Waals surface area (Å²) in [7, 11) is 0. The van der Waals surface area contributed by atoms with Crippen molar-refractivity contribution in [2.75, 3.05) is 0 Å². The fourth-order valence-electron chi connectivity index (χ4n) is 1.63. The van der Waals surface area contributed by atoms with E-state index in [-0.39, 0.29) is 11.9 Å². The van der Waals surface area contributed by atoms with Crippen LogP contribution >= 0.6 is 0 Å². The van der Waals surface area contributed by atoms with Crippen molar-refractivity contribution < 1.29 is 19.1 Å². The number of esters is 2. The average molecular weight is 282 g/mol. The molecule has 4 nitrogen and oxygen atoms in total. The lowest BCUT2D eigenvalue weighted by atomic mass is 9.95. The standard InChI is InChI=1S/C16H26O4/c1-15(2,3)13(17)19-11-9-7-8-10-12(11)20-14(18)16(4,5)6/h7,9,11-12H,8,10H2,1-6H3/t11-,12+/m0/s1. The molecule has 0 fully saturated rings. The van der Waals surface area contributed by atoms with E-state index in [1.807, 2.05) is 32.9 Å². The van der Waals surface area contributed by atoms with Crippen molar-refractivity contribution in [3.63, 3.8) is 0 Å². The smallest absolute Gasteiger partial charge is 0.311 e. The van der Waals surface area contributed by atoms with E-state index in [1.165, 1.54) is 0 Å². The van der Waals surface area contributed by atoms with Gasteiger partial charge in [-0.2, -0.15) is 0 Å². The maximum atomic E-state index is 12.0. The number of carbonyl (C=O) groups is 2. The third-order valence-electron chi connectivity index (χ3n) is 3.04. The molecule has 0 aromatic carbocycles. The number of allylic oxidation sites excluding steroid dienone is 1. The lowest BCUT2D eigenvalue weighted by Crippen LogP contribution is -2.40. The highest BCUT2D eigenvalue weighted by Gasteiger charge is 2.34. The van der Waals surface area contributed by atoms with Gasteiger partial charge in [0, 0.05) is 0 Å². The molecule has 114 valence electrons. The number of rotatable bonds is 2. The molecule has 0 heterocycles.